The molecule has 0 aromatic rings. The van der Waals surface area contributed by atoms with Crippen molar-refractivity contribution < 1.29 is 19.5 Å². The third-order valence-corrected chi connectivity index (χ3v) is 2.21. The molecule has 0 aromatic heterocycles. The predicted molar refractivity (Wildman–Crippen MR) is 41.7 cm³/mol. The molecule has 1 saturated heterocycles. The molecular formula is C6H7NO4S. The summed E-state index contributed by atoms with van der Waals surface area (Å²) in [6.45, 7) is -0.0489. The summed E-state index contributed by atoms with van der Waals surface area (Å²) in [7, 11) is 0. The molecule has 1 aliphatic rings. The molecule has 0 radical (unpaired) electrons. The summed E-state index contributed by atoms with van der Waals surface area (Å²) in [6, 6.07) is 0. The Bertz CT molecular complexity index is 240. The van der Waals surface area contributed by atoms with E-state index in [1.165, 1.54) is 0 Å². The Morgan fingerprint density at radius 2 is 2.25 bits per heavy atom. The number of carboxylic acid groups (broad SMARTS) is 1. The van der Waals surface area contributed by atoms with Gasteiger partial charge in [-0.25, -0.2) is 0 Å². The van der Waals surface area contributed by atoms with Crippen LogP contribution in [0.15, 0.2) is 0 Å². The quantitative estimate of drug-likeness (QED) is 0.574. The molecule has 0 saturated carbocycles. The van der Waals surface area contributed by atoms with Crippen LogP contribution in [0.4, 0.5) is 0 Å². The van der Waals surface area contributed by atoms with Crippen LogP contribution in [0.5, 0.6) is 0 Å². The number of aliphatic carboxylic acids is 1. The fourth-order valence-corrected chi connectivity index (χ4v) is 1.60. The fraction of sp³-hybridized carbons (Fsp3) is 0.500. The molecule has 1 amide bonds. The maximum Gasteiger partial charge on any atom is 0.323 e. The highest BCUT2D eigenvalue weighted by Crippen LogP contribution is 2.11. The van der Waals surface area contributed by atoms with Crippen LogP contribution in [0.1, 0.15) is 0 Å². The third-order valence-electron chi connectivity index (χ3n) is 1.38. The zero-order chi connectivity index (χ0) is 9.14. The summed E-state index contributed by atoms with van der Waals surface area (Å²) in [5.41, 5.74) is 0. The molecule has 12 heavy (non-hydrogen) atoms. The number of carbonyl (C=O) groups excluding carboxylic acids is 2. The van der Waals surface area contributed by atoms with Gasteiger partial charge in [0.2, 0.25) is 0 Å². The van der Waals surface area contributed by atoms with Crippen LogP contribution in [0, 0.1) is 0 Å². The van der Waals surface area contributed by atoms with Gasteiger partial charge in [-0.3, -0.25) is 14.4 Å². The van der Waals surface area contributed by atoms with Gasteiger partial charge in [0, 0.05) is 12.3 Å². The lowest BCUT2D eigenvalue weighted by molar-refractivity contribution is -0.147. The van der Waals surface area contributed by atoms with Crippen LogP contribution in [0.25, 0.3) is 0 Å². The van der Waals surface area contributed by atoms with Crippen LogP contribution in [-0.2, 0) is 14.4 Å². The zero-order valence-electron chi connectivity index (χ0n) is 6.15. The van der Waals surface area contributed by atoms with E-state index in [2.05, 4.69) is 0 Å². The van der Waals surface area contributed by atoms with Crippen molar-refractivity contribution in [1.82, 2.24) is 4.90 Å². The summed E-state index contributed by atoms with van der Waals surface area (Å²) in [4.78, 5) is 33.0. The van der Waals surface area contributed by atoms with Crippen molar-refractivity contribution in [2.75, 3.05) is 18.8 Å². The first-order chi connectivity index (χ1) is 5.61. The van der Waals surface area contributed by atoms with E-state index in [1.807, 2.05) is 0 Å². The van der Waals surface area contributed by atoms with Crippen molar-refractivity contribution in [3.8, 4) is 0 Å². The first kappa shape index (κ1) is 9.05. The molecule has 1 aliphatic heterocycles. The van der Waals surface area contributed by atoms with E-state index in [1.54, 1.807) is 0 Å². The fourth-order valence-electron chi connectivity index (χ4n) is 0.855. The van der Waals surface area contributed by atoms with Gasteiger partial charge in [0.15, 0.2) is 0 Å². The van der Waals surface area contributed by atoms with Crippen LogP contribution in [0.2, 0.25) is 0 Å². The van der Waals surface area contributed by atoms with Gasteiger partial charge < -0.3 is 10.0 Å². The van der Waals surface area contributed by atoms with E-state index >= 15 is 0 Å². The SMILES string of the molecule is O=C(O)CN1CCSC(=O)C1=O. The highest BCUT2D eigenvalue weighted by Gasteiger charge is 2.28. The molecule has 1 N–H and O–H groups in total. The number of carbonyl (C=O) groups is 3. The molecule has 0 atom stereocenters. The van der Waals surface area contributed by atoms with E-state index in [-0.39, 0.29) is 6.54 Å². The monoisotopic (exact) mass is 189 g/mol. The molecule has 6 heteroatoms. The second kappa shape index (κ2) is 3.57. The maximum absolute atomic E-state index is 11.0. The Kier molecular flexibility index (Phi) is 2.69. The highest BCUT2D eigenvalue weighted by atomic mass is 32.2. The third kappa shape index (κ3) is 1.97. The molecule has 1 heterocycles. The summed E-state index contributed by atoms with van der Waals surface area (Å²) in [5.74, 6) is -1.31. The normalized spacial score (nSPS) is 18.2. The number of amides is 1. The van der Waals surface area contributed by atoms with Gasteiger partial charge in [0.1, 0.15) is 6.54 Å². The van der Waals surface area contributed by atoms with Gasteiger partial charge in [-0.1, -0.05) is 11.8 Å². The predicted octanol–water partition coefficient (Wildman–Crippen LogP) is -0.827. The highest BCUT2D eigenvalue weighted by molar-refractivity contribution is 8.15. The van der Waals surface area contributed by atoms with E-state index in [0.717, 1.165) is 16.7 Å². The second-order valence-corrected chi connectivity index (χ2v) is 3.32. The number of hydrogen-bond donors (Lipinski definition) is 1. The van der Waals surface area contributed by atoms with Crippen LogP contribution in [-0.4, -0.2) is 45.8 Å². The Morgan fingerprint density at radius 1 is 1.58 bits per heavy atom. The van der Waals surface area contributed by atoms with Gasteiger partial charge in [-0.15, -0.1) is 0 Å². The lowest BCUT2D eigenvalue weighted by atomic mass is 10.4. The largest absolute Gasteiger partial charge is 0.480 e. The van der Waals surface area contributed by atoms with Crippen LogP contribution >= 0.6 is 11.8 Å². The molecule has 1 rings (SSSR count). The summed E-state index contributed by atoms with van der Waals surface area (Å²) >= 11 is 0.934. The molecule has 0 spiro atoms. The minimum absolute atomic E-state index is 0.335. The number of hydrogen-bond acceptors (Lipinski definition) is 4. The summed E-state index contributed by atoms with van der Waals surface area (Å²) in [6.07, 6.45) is 0. The molecule has 1 fully saturated rings. The molecule has 0 bridgehead atoms. The van der Waals surface area contributed by atoms with Gasteiger partial charge in [-0.2, -0.15) is 0 Å². The molecular weight excluding hydrogens is 182 g/mol. The summed E-state index contributed by atoms with van der Waals surface area (Å²) in [5, 5.41) is 7.79. The van der Waals surface area contributed by atoms with Gasteiger partial charge in [0.05, 0.1) is 0 Å². The van der Waals surface area contributed by atoms with Crippen molar-refractivity contribution in [3.05, 3.63) is 0 Å². The molecule has 0 aliphatic carbocycles. The maximum atomic E-state index is 11.0. The average molecular weight is 189 g/mol. The van der Waals surface area contributed by atoms with E-state index in [0.29, 0.717) is 12.3 Å². The van der Waals surface area contributed by atoms with E-state index in [4.69, 9.17) is 5.11 Å². The van der Waals surface area contributed by atoms with Gasteiger partial charge in [-0.05, 0) is 0 Å². The van der Waals surface area contributed by atoms with E-state index in [9.17, 15) is 14.4 Å². The van der Waals surface area contributed by atoms with Crippen molar-refractivity contribution in [3.63, 3.8) is 0 Å². The molecule has 66 valence electrons. The Labute approximate surface area is 72.7 Å². The van der Waals surface area contributed by atoms with Crippen molar-refractivity contribution in [1.29, 1.82) is 0 Å². The lowest BCUT2D eigenvalue weighted by Gasteiger charge is -2.22. The Hall–Kier alpha value is -1.04. The minimum Gasteiger partial charge on any atom is -0.480 e. The lowest BCUT2D eigenvalue weighted by Crippen LogP contribution is -2.43. The molecule has 0 unspecified atom stereocenters. The van der Waals surface area contributed by atoms with Crippen molar-refractivity contribution in [2.24, 2.45) is 0 Å². The molecule has 0 aromatic carbocycles. The Morgan fingerprint density at radius 3 is 2.83 bits per heavy atom. The second-order valence-electron chi connectivity index (χ2n) is 2.26. The van der Waals surface area contributed by atoms with Crippen molar-refractivity contribution >= 4 is 28.8 Å². The van der Waals surface area contributed by atoms with Gasteiger partial charge >= 0.3 is 11.9 Å². The van der Waals surface area contributed by atoms with E-state index < -0.39 is 17.0 Å². The minimum atomic E-state index is -1.09. The topological polar surface area (TPSA) is 74.7 Å². The number of thioether (sulfide) groups is 1. The average Bonchev–Trinajstić information content (AvgIpc) is 1.98. The standard InChI is InChI=1S/C6H7NO4S/c8-4(9)3-7-1-2-12-6(11)5(7)10/h1-3H2,(H,8,9). The van der Waals surface area contributed by atoms with Crippen LogP contribution in [0.3, 0.4) is 0 Å². The first-order valence-corrected chi connectivity index (χ1v) is 4.27. The van der Waals surface area contributed by atoms with Crippen molar-refractivity contribution in [2.45, 2.75) is 0 Å². The Balaban J connectivity index is 2.58. The van der Waals surface area contributed by atoms with Gasteiger partial charge in [0.25, 0.3) is 5.12 Å². The number of rotatable bonds is 2. The summed E-state index contributed by atoms with van der Waals surface area (Å²) < 4.78 is 0. The smallest absolute Gasteiger partial charge is 0.323 e. The number of carboxylic acids is 1. The molecule has 5 nitrogen and oxygen atoms in total. The van der Waals surface area contributed by atoms with Crippen LogP contribution < -0.4 is 0 Å². The first-order valence-electron chi connectivity index (χ1n) is 3.29. The number of nitrogens with zero attached hydrogens (tertiary/aromatic N) is 1. The zero-order valence-corrected chi connectivity index (χ0v) is 6.97.